The zero-order chi connectivity index (χ0) is 13.2. The lowest BCUT2D eigenvalue weighted by Gasteiger charge is -2.23. The smallest absolute Gasteiger partial charge is 0.244 e. The summed E-state index contributed by atoms with van der Waals surface area (Å²) in [6.45, 7) is 3.98. The number of nitrogens with one attached hydrogen (secondary N) is 1. The molecule has 2 rings (SSSR count). The van der Waals surface area contributed by atoms with Crippen molar-refractivity contribution in [2.45, 2.75) is 45.1 Å². The van der Waals surface area contributed by atoms with Gasteiger partial charge in [-0.15, -0.1) is 0 Å². The van der Waals surface area contributed by atoms with Crippen LogP contribution in [0.3, 0.4) is 0 Å². The summed E-state index contributed by atoms with van der Waals surface area (Å²) in [5.41, 5.74) is 7.47. The van der Waals surface area contributed by atoms with E-state index < -0.39 is 5.54 Å². The van der Waals surface area contributed by atoms with Gasteiger partial charge in [0.15, 0.2) is 0 Å². The van der Waals surface area contributed by atoms with Gasteiger partial charge in [-0.2, -0.15) is 0 Å². The van der Waals surface area contributed by atoms with E-state index in [4.69, 9.17) is 5.73 Å². The molecule has 0 radical (unpaired) electrons. The van der Waals surface area contributed by atoms with Crippen molar-refractivity contribution in [3.8, 4) is 0 Å². The zero-order valence-corrected chi connectivity index (χ0v) is 11.2. The number of hydrogen-bond donors (Lipinski definition) is 2. The quantitative estimate of drug-likeness (QED) is 0.839. The fraction of sp³-hybridized carbons (Fsp3) is 0.533. The summed E-state index contributed by atoms with van der Waals surface area (Å²) in [6, 6.07) is 8.02. The number of carbonyl (C=O) groups excluding carboxylic acids is 1. The largest absolute Gasteiger partial charge is 0.324 e. The van der Waals surface area contributed by atoms with Crippen LogP contribution in [0.2, 0.25) is 0 Å². The predicted molar refractivity (Wildman–Crippen MR) is 74.4 cm³/mol. The van der Waals surface area contributed by atoms with Crippen molar-refractivity contribution in [2.24, 2.45) is 11.7 Å². The number of anilines is 1. The average molecular weight is 246 g/mol. The molecule has 0 spiro atoms. The van der Waals surface area contributed by atoms with Gasteiger partial charge in [-0.25, -0.2) is 0 Å². The predicted octanol–water partition coefficient (Wildman–Crippen LogP) is 2.71. The molecule has 1 fully saturated rings. The Morgan fingerprint density at radius 2 is 2.00 bits per heavy atom. The maximum Gasteiger partial charge on any atom is 0.244 e. The summed E-state index contributed by atoms with van der Waals surface area (Å²) in [4.78, 5) is 12.1. The summed E-state index contributed by atoms with van der Waals surface area (Å²) >= 11 is 0. The van der Waals surface area contributed by atoms with Crippen LogP contribution in [0.4, 0.5) is 5.69 Å². The van der Waals surface area contributed by atoms with Crippen molar-refractivity contribution in [1.29, 1.82) is 0 Å². The van der Waals surface area contributed by atoms with E-state index >= 15 is 0 Å². The Balaban J connectivity index is 1.98. The van der Waals surface area contributed by atoms with Crippen molar-refractivity contribution < 1.29 is 4.79 Å². The third-order valence-corrected chi connectivity index (χ3v) is 3.67. The molecule has 0 aromatic heterocycles. The number of aryl methyl sites for hydroxylation is 1. The van der Waals surface area contributed by atoms with Gasteiger partial charge in [0.2, 0.25) is 5.91 Å². The first kappa shape index (κ1) is 13.1. The Morgan fingerprint density at radius 3 is 2.50 bits per heavy atom. The summed E-state index contributed by atoms with van der Waals surface area (Å²) < 4.78 is 0. The molecule has 3 nitrogen and oxygen atoms in total. The standard InChI is InChI=1S/C15H22N2O/c1-3-4-11-5-9-13(10-6-11)17-14(18)15(2,16)12-7-8-12/h5-6,9-10,12H,3-4,7-8,16H2,1-2H3,(H,17,18). The van der Waals surface area contributed by atoms with Crippen LogP contribution in [-0.2, 0) is 11.2 Å². The van der Waals surface area contributed by atoms with Crippen molar-refractivity contribution in [2.75, 3.05) is 5.32 Å². The minimum absolute atomic E-state index is 0.0757. The average Bonchev–Trinajstić information content (AvgIpc) is 3.16. The molecule has 3 heteroatoms. The van der Waals surface area contributed by atoms with E-state index in [9.17, 15) is 4.79 Å². The van der Waals surface area contributed by atoms with Gasteiger partial charge >= 0.3 is 0 Å². The summed E-state index contributed by atoms with van der Waals surface area (Å²) in [5.74, 6) is 0.269. The molecular formula is C15H22N2O. The fourth-order valence-electron chi connectivity index (χ4n) is 2.18. The molecule has 0 heterocycles. The first-order valence-electron chi connectivity index (χ1n) is 6.73. The van der Waals surface area contributed by atoms with Gasteiger partial charge in [0.05, 0.1) is 5.54 Å². The molecule has 1 aromatic carbocycles. The molecule has 0 saturated heterocycles. The molecule has 0 aliphatic heterocycles. The van der Waals surface area contributed by atoms with Crippen LogP contribution >= 0.6 is 0 Å². The summed E-state index contributed by atoms with van der Waals surface area (Å²) in [7, 11) is 0. The maximum absolute atomic E-state index is 12.1. The summed E-state index contributed by atoms with van der Waals surface area (Å²) in [5, 5.41) is 2.91. The lowest BCUT2D eigenvalue weighted by atomic mass is 9.96. The van der Waals surface area contributed by atoms with Crippen LogP contribution in [0.25, 0.3) is 0 Å². The SMILES string of the molecule is CCCc1ccc(NC(=O)C(C)(N)C2CC2)cc1. The normalized spacial score (nSPS) is 18.2. The first-order chi connectivity index (χ1) is 8.54. The van der Waals surface area contributed by atoms with Gasteiger partial charge in [0.1, 0.15) is 0 Å². The highest BCUT2D eigenvalue weighted by Gasteiger charge is 2.44. The molecular weight excluding hydrogens is 224 g/mol. The van der Waals surface area contributed by atoms with E-state index in [-0.39, 0.29) is 5.91 Å². The number of nitrogens with two attached hydrogens (primary N) is 1. The van der Waals surface area contributed by atoms with Gasteiger partial charge in [0.25, 0.3) is 0 Å². The van der Waals surface area contributed by atoms with Gasteiger partial charge in [0, 0.05) is 5.69 Å². The first-order valence-corrected chi connectivity index (χ1v) is 6.73. The van der Waals surface area contributed by atoms with Crippen LogP contribution in [0, 0.1) is 5.92 Å². The second-order valence-corrected chi connectivity index (χ2v) is 5.46. The highest BCUT2D eigenvalue weighted by Crippen LogP contribution is 2.38. The highest BCUT2D eigenvalue weighted by molar-refractivity contribution is 5.98. The molecule has 1 aromatic rings. The molecule has 1 atom stereocenters. The molecule has 98 valence electrons. The third-order valence-electron chi connectivity index (χ3n) is 3.67. The van der Waals surface area contributed by atoms with Gasteiger partial charge in [-0.3, -0.25) is 4.79 Å². The van der Waals surface area contributed by atoms with E-state index in [1.54, 1.807) is 0 Å². The van der Waals surface area contributed by atoms with Crippen molar-refractivity contribution in [3.63, 3.8) is 0 Å². The highest BCUT2D eigenvalue weighted by atomic mass is 16.2. The number of rotatable bonds is 5. The van der Waals surface area contributed by atoms with Gasteiger partial charge in [-0.05, 0) is 49.8 Å². The van der Waals surface area contributed by atoms with Crippen LogP contribution in [0.1, 0.15) is 38.7 Å². The fourth-order valence-corrected chi connectivity index (χ4v) is 2.18. The van der Waals surface area contributed by atoms with E-state index in [2.05, 4.69) is 24.4 Å². The minimum Gasteiger partial charge on any atom is -0.324 e. The Kier molecular flexibility index (Phi) is 3.71. The van der Waals surface area contributed by atoms with Gasteiger partial charge < -0.3 is 11.1 Å². The minimum atomic E-state index is -0.734. The Labute approximate surface area is 109 Å². The Morgan fingerprint density at radius 1 is 1.39 bits per heavy atom. The Bertz CT molecular complexity index is 419. The second-order valence-electron chi connectivity index (χ2n) is 5.46. The number of benzene rings is 1. The van der Waals surface area contributed by atoms with Crippen LogP contribution in [0.15, 0.2) is 24.3 Å². The monoisotopic (exact) mass is 246 g/mol. The molecule has 18 heavy (non-hydrogen) atoms. The summed E-state index contributed by atoms with van der Waals surface area (Å²) in [6.07, 6.45) is 4.34. The third kappa shape index (κ3) is 2.91. The molecule has 1 unspecified atom stereocenters. The topological polar surface area (TPSA) is 55.1 Å². The molecule has 3 N–H and O–H groups in total. The molecule has 0 bridgehead atoms. The van der Waals surface area contributed by atoms with Gasteiger partial charge in [-0.1, -0.05) is 25.5 Å². The lowest BCUT2D eigenvalue weighted by Crippen LogP contribution is -2.50. The van der Waals surface area contributed by atoms with E-state index in [0.29, 0.717) is 5.92 Å². The number of amides is 1. The Hall–Kier alpha value is -1.35. The van der Waals surface area contributed by atoms with Crippen molar-refractivity contribution >= 4 is 11.6 Å². The second kappa shape index (κ2) is 5.11. The van der Waals surface area contributed by atoms with Crippen LogP contribution < -0.4 is 11.1 Å². The van der Waals surface area contributed by atoms with E-state index in [1.165, 1.54) is 5.56 Å². The number of carbonyl (C=O) groups is 1. The van der Waals surface area contributed by atoms with E-state index in [1.807, 2.05) is 19.1 Å². The van der Waals surface area contributed by atoms with Crippen molar-refractivity contribution in [3.05, 3.63) is 29.8 Å². The maximum atomic E-state index is 12.1. The van der Waals surface area contributed by atoms with Crippen LogP contribution in [0.5, 0.6) is 0 Å². The van der Waals surface area contributed by atoms with E-state index in [0.717, 1.165) is 31.4 Å². The molecule has 1 amide bonds. The number of hydrogen-bond acceptors (Lipinski definition) is 2. The molecule has 1 aliphatic rings. The molecule has 1 aliphatic carbocycles. The molecule has 1 saturated carbocycles. The van der Waals surface area contributed by atoms with Crippen molar-refractivity contribution in [1.82, 2.24) is 0 Å². The zero-order valence-electron chi connectivity index (χ0n) is 11.2. The lowest BCUT2D eigenvalue weighted by molar-refractivity contribution is -0.121. The van der Waals surface area contributed by atoms with Crippen LogP contribution in [-0.4, -0.2) is 11.4 Å².